The van der Waals surface area contributed by atoms with Crippen LogP contribution in [0.1, 0.15) is 41.6 Å². The SMILES string of the molecule is Cc1cccc(C(=O)OC2CCCCC2F)c1. The predicted molar refractivity (Wildman–Crippen MR) is 63.7 cm³/mol. The first-order chi connectivity index (χ1) is 8.16. The van der Waals surface area contributed by atoms with Crippen molar-refractivity contribution >= 4 is 5.97 Å². The van der Waals surface area contributed by atoms with Crippen molar-refractivity contribution in [1.29, 1.82) is 0 Å². The summed E-state index contributed by atoms with van der Waals surface area (Å²) in [7, 11) is 0. The number of carbonyl (C=O) groups excluding carboxylic acids is 1. The lowest BCUT2D eigenvalue weighted by atomic mass is 9.96. The average Bonchev–Trinajstić information content (AvgIpc) is 2.32. The fourth-order valence-electron chi connectivity index (χ4n) is 2.16. The van der Waals surface area contributed by atoms with Gasteiger partial charge in [-0.1, -0.05) is 24.1 Å². The highest BCUT2D eigenvalue weighted by Crippen LogP contribution is 2.24. The van der Waals surface area contributed by atoms with Gasteiger partial charge in [-0.2, -0.15) is 0 Å². The van der Waals surface area contributed by atoms with Gasteiger partial charge in [0.1, 0.15) is 12.3 Å². The van der Waals surface area contributed by atoms with Crippen molar-refractivity contribution in [1.82, 2.24) is 0 Å². The van der Waals surface area contributed by atoms with E-state index in [4.69, 9.17) is 4.74 Å². The number of benzene rings is 1. The van der Waals surface area contributed by atoms with Gasteiger partial charge in [-0.3, -0.25) is 0 Å². The molecule has 1 saturated carbocycles. The number of ether oxygens (including phenoxy) is 1. The van der Waals surface area contributed by atoms with E-state index < -0.39 is 18.2 Å². The van der Waals surface area contributed by atoms with Gasteiger partial charge in [-0.25, -0.2) is 9.18 Å². The van der Waals surface area contributed by atoms with Crippen molar-refractivity contribution in [2.75, 3.05) is 0 Å². The molecule has 1 fully saturated rings. The number of alkyl halides is 1. The van der Waals surface area contributed by atoms with Crippen molar-refractivity contribution in [2.24, 2.45) is 0 Å². The van der Waals surface area contributed by atoms with E-state index in [9.17, 15) is 9.18 Å². The molecule has 0 bridgehead atoms. The fourth-order valence-corrected chi connectivity index (χ4v) is 2.16. The average molecular weight is 236 g/mol. The molecule has 2 rings (SSSR count). The van der Waals surface area contributed by atoms with E-state index in [1.54, 1.807) is 18.2 Å². The molecule has 1 aromatic carbocycles. The molecular weight excluding hydrogens is 219 g/mol. The van der Waals surface area contributed by atoms with E-state index in [1.165, 1.54) is 0 Å². The monoisotopic (exact) mass is 236 g/mol. The summed E-state index contributed by atoms with van der Waals surface area (Å²) in [6.45, 7) is 1.91. The first-order valence-corrected chi connectivity index (χ1v) is 6.08. The van der Waals surface area contributed by atoms with Gasteiger partial charge in [0.15, 0.2) is 0 Å². The molecule has 92 valence electrons. The predicted octanol–water partition coefficient (Wildman–Crippen LogP) is 3.43. The fraction of sp³-hybridized carbons (Fsp3) is 0.500. The van der Waals surface area contributed by atoms with E-state index in [2.05, 4.69) is 0 Å². The highest BCUT2D eigenvalue weighted by molar-refractivity contribution is 5.89. The molecule has 0 radical (unpaired) electrons. The van der Waals surface area contributed by atoms with E-state index in [1.807, 2.05) is 13.0 Å². The van der Waals surface area contributed by atoms with Gasteiger partial charge in [0.05, 0.1) is 5.56 Å². The van der Waals surface area contributed by atoms with Gasteiger partial charge in [0, 0.05) is 0 Å². The van der Waals surface area contributed by atoms with Gasteiger partial charge < -0.3 is 4.74 Å². The van der Waals surface area contributed by atoms with Crippen LogP contribution < -0.4 is 0 Å². The number of hydrogen-bond donors (Lipinski definition) is 0. The standard InChI is InChI=1S/C14H17FO2/c1-10-5-4-6-11(9-10)14(16)17-13-8-3-2-7-12(13)15/h4-6,9,12-13H,2-3,7-8H2,1H3. The Morgan fingerprint density at radius 2 is 2.12 bits per heavy atom. The van der Waals surface area contributed by atoms with E-state index in [-0.39, 0.29) is 0 Å². The van der Waals surface area contributed by atoms with Crippen LogP contribution >= 0.6 is 0 Å². The summed E-state index contributed by atoms with van der Waals surface area (Å²) >= 11 is 0. The molecule has 2 atom stereocenters. The van der Waals surface area contributed by atoms with Gasteiger partial charge in [-0.15, -0.1) is 0 Å². The molecule has 0 spiro atoms. The number of carbonyl (C=O) groups is 1. The summed E-state index contributed by atoms with van der Waals surface area (Å²) in [5.41, 5.74) is 1.50. The summed E-state index contributed by atoms with van der Waals surface area (Å²) in [6, 6.07) is 7.18. The molecule has 0 saturated heterocycles. The summed E-state index contributed by atoms with van der Waals surface area (Å²) in [4.78, 5) is 11.8. The number of esters is 1. The van der Waals surface area contributed by atoms with Gasteiger partial charge in [0.2, 0.25) is 0 Å². The highest BCUT2D eigenvalue weighted by Gasteiger charge is 2.28. The quantitative estimate of drug-likeness (QED) is 0.735. The molecule has 17 heavy (non-hydrogen) atoms. The smallest absolute Gasteiger partial charge is 0.338 e. The second-order valence-electron chi connectivity index (χ2n) is 4.61. The zero-order chi connectivity index (χ0) is 12.3. The summed E-state index contributed by atoms with van der Waals surface area (Å²) in [6.07, 6.45) is 1.41. The second kappa shape index (κ2) is 5.30. The largest absolute Gasteiger partial charge is 0.456 e. The van der Waals surface area contributed by atoms with Gasteiger partial charge in [-0.05, 0) is 38.3 Å². The minimum absolute atomic E-state index is 0.414. The third kappa shape index (κ3) is 3.05. The van der Waals surface area contributed by atoms with Crippen molar-refractivity contribution in [3.05, 3.63) is 35.4 Å². The first-order valence-electron chi connectivity index (χ1n) is 6.08. The molecule has 0 N–H and O–H groups in total. The molecule has 3 heteroatoms. The Labute approximate surface area is 101 Å². The summed E-state index contributed by atoms with van der Waals surface area (Å²) in [5.74, 6) is -0.414. The molecule has 0 aliphatic heterocycles. The Morgan fingerprint density at radius 1 is 1.35 bits per heavy atom. The molecule has 0 amide bonds. The van der Waals surface area contributed by atoms with Crippen molar-refractivity contribution in [2.45, 2.75) is 44.9 Å². The lowest BCUT2D eigenvalue weighted by Gasteiger charge is -2.25. The number of halogens is 1. The first kappa shape index (κ1) is 12.1. The zero-order valence-corrected chi connectivity index (χ0v) is 9.99. The van der Waals surface area contributed by atoms with Gasteiger partial charge >= 0.3 is 5.97 Å². The molecule has 2 nitrogen and oxygen atoms in total. The summed E-state index contributed by atoms with van der Waals surface area (Å²) in [5, 5.41) is 0. The number of hydrogen-bond acceptors (Lipinski definition) is 2. The van der Waals surface area contributed by atoms with Crippen LogP contribution in [0.5, 0.6) is 0 Å². The second-order valence-corrected chi connectivity index (χ2v) is 4.61. The van der Waals surface area contributed by atoms with Crippen LogP contribution in [0.2, 0.25) is 0 Å². The molecule has 1 aliphatic rings. The third-order valence-corrected chi connectivity index (χ3v) is 3.13. The Kier molecular flexibility index (Phi) is 3.77. The molecule has 2 unspecified atom stereocenters. The Hall–Kier alpha value is -1.38. The molecular formula is C14H17FO2. The lowest BCUT2D eigenvalue weighted by Crippen LogP contribution is -2.31. The van der Waals surface area contributed by atoms with E-state index in [0.717, 1.165) is 18.4 Å². The minimum atomic E-state index is -1.00. The van der Waals surface area contributed by atoms with Crippen LogP contribution in [0.15, 0.2) is 24.3 Å². The van der Waals surface area contributed by atoms with Crippen LogP contribution in [0.25, 0.3) is 0 Å². The van der Waals surface area contributed by atoms with Crippen molar-refractivity contribution < 1.29 is 13.9 Å². The highest BCUT2D eigenvalue weighted by atomic mass is 19.1. The Morgan fingerprint density at radius 3 is 2.82 bits per heavy atom. The molecule has 0 heterocycles. The van der Waals surface area contributed by atoms with Crippen LogP contribution in [0.4, 0.5) is 4.39 Å². The van der Waals surface area contributed by atoms with Crippen LogP contribution in [-0.4, -0.2) is 18.2 Å². The van der Waals surface area contributed by atoms with Crippen LogP contribution in [0, 0.1) is 6.92 Å². The maximum atomic E-state index is 13.5. The Balaban J connectivity index is 2.01. The van der Waals surface area contributed by atoms with Crippen molar-refractivity contribution in [3.8, 4) is 0 Å². The minimum Gasteiger partial charge on any atom is -0.456 e. The molecule has 1 aromatic rings. The normalized spacial score (nSPS) is 24.4. The molecule has 0 aromatic heterocycles. The van der Waals surface area contributed by atoms with E-state index >= 15 is 0 Å². The zero-order valence-electron chi connectivity index (χ0n) is 9.99. The lowest BCUT2D eigenvalue weighted by molar-refractivity contribution is -0.00787. The van der Waals surface area contributed by atoms with Crippen LogP contribution in [0.3, 0.4) is 0 Å². The topological polar surface area (TPSA) is 26.3 Å². The Bertz CT molecular complexity index is 403. The maximum absolute atomic E-state index is 13.5. The van der Waals surface area contributed by atoms with Crippen molar-refractivity contribution in [3.63, 3.8) is 0 Å². The summed E-state index contributed by atoms with van der Waals surface area (Å²) < 4.78 is 18.8. The van der Waals surface area contributed by atoms with Gasteiger partial charge in [0.25, 0.3) is 0 Å². The van der Waals surface area contributed by atoms with E-state index in [0.29, 0.717) is 18.4 Å². The molecule has 1 aliphatic carbocycles. The number of aryl methyl sites for hydroxylation is 1. The maximum Gasteiger partial charge on any atom is 0.338 e. The van der Waals surface area contributed by atoms with Crippen LogP contribution in [-0.2, 0) is 4.74 Å². The third-order valence-electron chi connectivity index (χ3n) is 3.13. The number of rotatable bonds is 2.